The zero-order valence-electron chi connectivity index (χ0n) is 26.8. The molecule has 0 radical (unpaired) electrons. The zero-order valence-corrected chi connectivity index (χ0v) is 27.6. The summed E-state index contributed by atoms with van der Waals surface area (Å²) in [6.45, 7) is 3.72. The number of hydrogen-bond acceptors (Lipinski definition) is 7. The van der Waals surface area contributed by atoms with Gasteiger partial charge in [-0.2, -0.15) is 0 Å². The molecule has 2 N–H and O–H groups in total. The van der Waals surface area contributed by atoms with E-state index in [9.17, 15) is 15.0 Å². The third kappa shape index (κ3) is 7.38. The van der Waals surface area contributed by atoms with Gasteiger partial charge in [-0.3, -0.25) is 0 Å². The number of methoxy groups -OCH3 is 1. The number of rotatable bonds is 14. The Balaban J connectivity index is 1.60. The van der Waals surface area contributed by atoms with Crippen LogP contribution in [0.5, 0.6) is 5.75 Å². The summed E-state index contributed by atoms with van der Waals surface area (Å²) in [5.74, 6) is -3.24. The van der Waals surface area contributed by atoms with E-state index in [4.69, 9.17) is 35.3 Å². The van der Waals surface area contributed by atoms with Crippen molar-refractivity contribution in [1.29, 1.82) is 0 Å². The average molecular weight is 661 g/mol. The van der Waals surface area contributed by atoms with Gasteiger partial charge in [-0.25, -0.2) is 4.79 Å². The molecule has 5 rings (SSSR count). The number of aliphatic hydroxyl groups excluding tert-OH is 1. The van der Waals surface area contributed by atoms with Gasteiger partial charge in [0.25, 0.3) is 0 Å². The maximum Gasteiger partial charge on any atom is 0.338 e. The largest absolute Gasteiger partial charge is 0.494 e. The molecule has 9 heteroatoms. The topological polar surface area (TPSA) is 104 Å². The number of aliphatic hydroxyl groups is 1. The first-order valence-electron chi connectivity index (χ1n) is 15.7. The van der Waals surface area contributed by atoms with Crippen molar-refractivity contribution in [2.75, 3.05) is 20.3 Å². The molecular weight excluding hydrogens is 620 g/mol. The van der Waals surface area contributed by atoms with Crippen LogP contribution in [0.1, 0.15) is 41.7 Å². The highest BCUT2D eigenvalue weighted by molar-refractivity contribution is 6.31. The molecule has 1 aliphatic heterocycles. The van der Waals surface area contributed by atoms with Gasteiger partial charge in [0.1, 0.15) is 11.9 Å². The third-order valence-corrected chi connectivity index (χ3v) is 9.14. The van der Waals surface area contributed by atoms with Gasteiger partial charge >= 0.3 is 5.97 Å². The van der Waals surface area contributed by atoms with Crippen molar-refractivity contribution in [1.82, 2.24) is 0 Å². The van der Waals surface area contributed by atoms with Crippen molar-refractivity contribution in [3.8, 4) is 5.75 Å². The molecule has 1 heterocycles. The van der Waals surface area contributed by atoms with Gasteiger partial charge in [0, 0.05) is 23.6 Å². The second-order valence-corrected chi connectivity index (χ2v) is 12.1. The molecule has 4 aromatic carbocycles. The highest BCUT2D eigenvalue weighted by Crippen LogP contribution is 2.49. The lowest BCUT2D eigenvalue weighted by Crippen LogP contribution is -2.70. The Labute approximate surface area is 280 Å². The Bertz CT molecular complexity index is 1600. The van der Waals surface area contributed by atoms with Crippen LogP contribution in [-0.2, 0) is 49.2 Å². The van der Waals surface area contributed by atoms with Crippen LogP contribution in [-0.4, -0.2) is 54.3 Å². The summed E-state index contributed by atoms with van der Waals surface area (Å²) in [5.41, 5.74) is 1.94. The lowest BCUT2D eigenvalue weighted by Gasteiger charge is -2.55. The summed E-state index contributed by atoms with van der Waals surface area (Å²) in [6.07, 6.45) is -1.38. The summed E-state index contributed by atoms with van der Waals surface area (Å²) in [4.78, 5) is 13.0. The van der Waals surface area contributed by atoms with Gasteiger partial charge in [0.15, 0.2) is 5.60 Å². The Hall–Kier alpha value is -3.76. The molecule has 1 aliphatic rings. The molecule has 1 saturated heterocycles. The summed E-state index contributed by atoms with van der Waals surface area (Å²) in [5, 5.41) is 21.9. The fourth-order valence-corrected chi connectivity index (χ4v) is 6.31. The molecular formula is C38H41ClO8. The molecule has 0 bridgehead atoms. The van der Waals surface area contributed by atoms with E-state index >= 15 is 0 Å². The fourth-order valence-electron chi connectivity index (χ4n) is 6.13. The van der Waals surface area contributed by atoms with Crippen molar-refractivity contribution in [3.63, 3.8) is 0 Å². The molecule has 0 aliphatic carbocycles. The Morgan fingerprint density at radius 2 is 1.49 bits per heavy atom. The highest BCUT2D eigenvalue weighted by Gasteiger charge is 2.65. The number of hydrogen-bond donors (Lipinski definition) is 2. The van der Waals surface area contributed by atoms with Gasteiger partial charge < -0.3 is 33.9 Å². The number of carbonyl (C=O) groups is 1. The molecule has 4 aromatic rings. The van der Waals surface area contributed by atoms with Crippen LogP contribution >= 0.6 is 11.6 Å². The summed E-state index contributed by atoms with van der Waals surface area (Å²) < 4.78 is 31.6. The van der Waals surface area contributed by atoms with Gasteiger partial charge in [-0.15, -0.1) is 0 Å². The maximum absolute atomic E-state index is 13.0. The van der Waals surface area contributed by atoms with Crippen molar-refractivity contribution in [3.05, 3.63) is 136 Å². The minimum atomic E-state index is -2.08. The Morgan fingerprint density at radius 3 is 2.04 bits per heavy atom. The average Bonchev–Trinajstić information content (AvgIpc) is 3.10. The number of ether oxygens (including phenoxy) is 5. The van der Waals surface area contributed by atoms with E-state index in [0.717, 1.165) is 28.0 Å². The quantitative estimate of drug-likeness (QED) is 0.153. The molecule has 0 unspecified atom stereocenters. The van der Waals surface area contributed by atoms with Crippen molar-refractivity contribution in [2.24, 2.45) is 5.92 Å². The van der Waals surface area contributed by atoms with Crippen LogP contribution in [0.3, 0.4) is 0 Å². The molecule has 0 saturated carbocycles. The van der Waals surface area contributed by atoms with Crippen molar-refractivity contribution < 1.29 is 38.7 Å². The molecule has 0 amide bonds. The number of halogens is 1. The predicted molar refractivity (Wildman–Crippen MR) is 178 cm³/mol. The van der Waals surface area contributed by atoms with Crippen molar-refractivity contribution >= 4 is 17.6 Å². The van der Waals surface area contributed by atoms with Crippen LogP contribution in [0.4, 0.5) is 0 Å². The third-order valence-electron chi connectivity index (χ3n) is 8.77. The molecule has 8 nitrogen and oxygen atoms in total. The monoisotopic (exact) mass is 660 g/mol. The van der Waals surface area contributed by atoms with E-state index in [0.29, 0.717) is 23.6 Å². The van der Waals surface area contributed by atoms with Gasteiger partial charge in [-0.1, -0.05) is 97.4 Å². The van der Waals surface area contributed by atoms with Crippen LogP contribution < -0.4 is 4.74 Å². The van der Waals surface area contributed by atoms with E-state index in [2.05, 4.69) is 0 Å². The second kappa shape index (κ2) is 15.4. The smallest absolute Gasteiger partial charge is 0.338 e. The van der Waals surface area contributed by atoms with E-state index in [-0.39, 0.29) is 13.2 Å². The molecule has 0 spiro atoms. The van der Waals surface area contributed by atoms with E-state index < -0.39 is 42.1 Å². The normalized spacial score (nSPS) is 24.1. The maximum atomic E-state index is 13.0. The Kier molecular flexibility index (Phi) is 11.3. The first-order valence-corrected chi connectivity index (χ1v) is 16.1. The van der Waals surface area contributed by atoms with Crippen LogP contribution in [0.25, 0.3) is 0 Å². The Morgan fingerprint density at radius 1 is 0.872 bits per heavy atom. The van der Waals surface area contributed by atoms with Crippen LogP contribution in [0.2, 0.25) is 5.02 Å². The van der Waals surface area contributed by atoms with E-state index in [1.165, 1.54) is 7.11 Å². The fraction of sp³-hybridized carbons (Fsp3) is 0.342. The van der Waals surface area contributed by atoms with Gasteiger partial charge in [-0.05, 0) is 59.9 Å². The minimum Gasteiger partial charge on any atom is -0.494 e. The summed E-state index contributed by atoms with van der Waals surface area (Å²) in [7, 11) is 1.44. The summed E-state index contributed by atoms with van der Waals surface area (Å²) >= 11 is 6.74. The first kappa shape index (κ1) is 34.6. The predicted octanol–water partition coefficient (Wildman–Crippen LogP) is 6.78. The number of carboxylic acid groups (broad SMARTS) is 1. The van der Waals surface area contributed by atoms with Gasteiger partial charge in [0.05, 0.1) is 32.5 Å². The molecule has 248 valence electrons. The first-order chi connectivity index (χ1) is 22.8. The summed E-state index contributed by atoms with van der Waals surface area (Å²) in [6, 6.07) is 32.3. The lowest BCUT2D eigenvalue weighted by atomic mass is 9.75. The second-order valence-electron chi connectivity index (χ2n) is 11.7. The van der Waals surface area contributed by atoms with Crippen LogP contribution in [0, 0.1) is 5.92 Å². The standard InChI is InChI=1S/C38H41ClO8/c1-4-44-32-18-15-27(16-19-32)21-30-22-31(17-20-33(30)39)38(43-3)35(46-24-29-13-9-6-10-14-29)34(45-23-28-11-7-5-8-12-28)26(2)37(25-40,47-38)36(41)42/h5-20,22,26,34-35,40H,4,21,23-25H2,1-3H3,(H,41,42)/t26-,34-,35+,37+,38-/m0/s1. The highest BCUT2D eigenvalue weighted by atomic mass is 35.5. The lowest BCUT2D eigenvalue weighted by molar-refractivity contribution is -0.393. The molecule has 0 aromatic heterocycles. The number of aliphatic carboxylic acids is 1. The van der Waals surface area contributed by atoms with Gasteiger partial charge in [0.2, 0.25) is 5.79 Å². The number of benzene rings is 4. The van der Waals surface area contributed by atoms with Crippen LogP contribution in [0.15, 0.2) is 103 Å². The van der Waals surface area contributed by atoms with E-state index in [1.807, 2.05) is 97.9 Å². The SMILES string of the molecule is CCOc1ccc(Cc2cc([C@]3(OC)O[C@@](CO)(C(=O)O)[C@@H](C)[C@H](OCc4ccccc4)[C@H]3OCc3ccccc3)ccc2Cl)cc1. The minimum absolute atomic E-state index is 0.170. The number of carboxylic acids is 1. The molecule has 5 atom stereocenters. The molecule has 1 fully saturated rings. The van der Waals surface area contributed by atoms with Crippen molar-refractivity contribution in [2.45, 2.75) is 57.1 Å². The molecule has 47 heavy (non-hydrogen) atoms. The van der Waals surface area contributed by atoms with E-state index in [1.54, 1.807) is 19.1 Å². The zero-order chi connectivity index (χ0) is 33.4.